The average Bonchev–Trinajstić information content (AvgIpc) is 3.12. The lowest BCUT2D eigenvalue weighted by Crippen LogP contribution is -2.61. The largest absolute Gasteiger partial charge is 0.378 e. The van der Waals surface area contributed by atoms with E-state index in [1.165, 1.54) is 12.1 Å². The molecular weight excluding hydrogens is 347 g/mol. The van der Waals surface area contributed by atoms with E-state index in [0.29, 0.717) is 32.0 Å². The highest BCUT2D eigenvalue weighted by Crippen LogP contribution is 2.33. The molecule has 144 valence electrons. The van der Waals surface area contributed by atoms with Crippen LogP contribution in [0.4, 0.5) is 4.39 Å². The molecule has 2 aromatic rings. The van der Waals surface area contributed by atoms with Crippen molar-refractivity contribution in [2.24, 2.45) is 7.05 Å². The number of hydrogen-bond donors (Lipinski definition) is 0. The Hall–Kier alpha value is -2.25. The number of likely N-dealkylation sites (tertiary alicyclic amines) is 1. The number of benzene rings is 1. The molecule has 6 nitrogen and oxygen atoms in total. The minimum absolute atomic E-state index is 0.00716. The van der Waals surface area contributed by atoms with Gasteiger partial charge in [-0.2, -0.15) is 0 Å². The molecule has 27 heavy (non-hydrogen) atoms. The third-order valence-electron chi connectivity index (χ3n) is 5.74. The first-order valence-corrected chi connectivity index (χ1v) is 9.40. The molecule has 0 aliphatic carbocycles. The summed E-state index contributed by atoms with van der Waals surface area (Å²) in [6, 6.07) is 6.71. The number of rotatable bonds is 3. The maximum absolute atomic E-state index is 13.2. The van der Waals surface area contributed by atoms with Crippen molar-refractivity contribution in [1.29, 1.82) is 0 Å². The Labute approximate surface area is 158 Å². The quantitative estimate of drug-likeness (QED) is 0.828. The zero-order valence-corrected chi connectivity index (χ0v) is 15.6. The number of hydrogen-bond acceptors (Lipinski definition) is 4. The molecule has 3 heterocycles. The Morgan fingerprint density at radius 3 is 2.63 bits per heavy atom. The molecule has 1 aromatic carbocycles. The van der Waals surface area contributed by atoms with Gasteiger partial charge in [0.05, 0.1) is 19.5 Å². The first kappa shape index (κ1) is 18.1. The Morgan fingerprint density at radius 2 is 1.96 bits per heavy atom. The highest BCUT2D eigenvalue weighted by Gasteiger charge is 2.43. The van der Waals surface area contributed by atoms with Crippen LogP contribution in [-0.4, -0.2) is 63.6 Å². The number of piperidine rings is 1. The number of morpholine rings is 1. The van der Waals surface area contributed by atoms with Crippen LogP contribution in [0.15, 0.2) is 36.8 Å². The normalized spacial score (nSPS) is 20.1. The lowest BCUT2D eigenvalue weighted by atomic mass is 9.85. The maximum Gasteiger partial charge on any atom is 0.274 e. The Kier molecular flexibility index (Phi) is 4.97. The molecule has 1 amide bonds. The smallest absolute Gasteiger partial charge is 0.274 e. The predicted octanol–water partition coefficient (Wildman–Crippen LogP) is 2.07. The number of halogens is 1. The van der Waals surface area contributed by atoms with Gasteiger partial charge in [0.2, 0.25) is 0 Å². The van der Waals surface area contributed by atoms with E-state index in [1.807, 2.05) is 24.1 Å². The standard InChI is InChI=1S/C20H25FN4O2/c1-23-13-18(22-15-23)19(26)24-8-6-20(7-9-24)14-27-11-10-25(20)12-16-2-4-17(21)5-3-16/h2-5,13,15H,6-12,14H2,1H3. The van der Waals surface area contributed by atoms with Gasteiger partial charge in [0.1, 0.15) is 11.5 Å². The number of imidazole rings is 1. The van der Waals surface area contributed by atoms with Crippen molar-refractivity contribution in [2.45, 2.75) is 24.9 Å². The molecule has 1 aromatic heterocycles. The van der Waals surface area contributed by atoms with Crippen molar-refractivity contribution < 1.29 is 13.9 Å². The zero-order valence-electron chi connectivity index (χ0n) is 15.6. The summed E-state index contributed by atoms with van der Waals surface area (Å²) in [5.74, 6) is -0.218. The van der Waals surface area contributed by atoms with E-state index < -0.39 is 0 Å². The van der Waals surface area contributed by atoms with E-state index in [1.54, 1.807) is 17.1 Å². The zero-order chi connectivity index (χ0) is 18.9. The van der Waals surface area contributed by atoms with Gasteiger partial charge in [-0.25, -0.2) is 9.37 Å². The Balaban J connectivity index is 1.44. The number of carbonyl (C=O) groups is 1. The minimum atomic E-state index is -0.211. The van der Waals surface area contributed by atoms with Crippen LogP contribution >= 0.6 is 0 Å². The van der Waals surface area contributed by atoms with Crippen molar-refractivity contribution in [1.82, 2.24) is 19.4 Å². The van der Waals surface area contributed by atoms with Crippen LogP contribution in [0, 0.1) is 5.82 Å². The van der Waals surface area contributed by atoms with Crippen LogP contribution in [-0.2, 0) is 18.3 Å². The Morgan fingerprint density at radius 1 is 1.22 bits per heavy atom. The number of nitrogens with zero attached hydrogens (tertiary/aromatic N) is 4. The van der Waals surface area contributed by atoms with E-state index in [-0.39, 0.29) is 17.3 Å². The van der Waals surface area contributed by atoms with E-state index in [4.69, 9.17) is 4.74 Å². The summed E-state index contributed by atoms with van der Waals surface area (Å²) in [5, 5.41) is 0. The highest BCUT2D eigenvalue weighted by atomic mass is 19.1. The van der Waals surface area contributed by atoms with E-state index in [2.05, 4.69) is 9.88 Å². The fraction of sp³-hybridized carbons (Fsp3) is 0.500. The van der Waals surface area contributed by atoms with Gasteiger partial charge in [-0.1, -0.05) is 12.1 Å². The van der Waals surface area contributed by atoms with Crippen molar-refractivity contribution >= 4 is 5.91 Å². The molecule has 2 aliphatic heterocycles. The van der Waals surface area contributed by atoms with Gasteiger partial charge < -0.3 is 14.2 Å². The van der Waals surface area contributed by atoms with Gasteiger partial charge in [0.25, 0.3) is 5.91 Å². The van der Waals surface area contributed by atoms with Crippen LogP contribution in [0.1, 0.15) is 28.9 Å². The molecule has 0 N–H and O–H groups in total. The summed E-state index contributed by atoms with van der Waals surface area (Å²) in [7, 11) is 1.86. The highest BCUT2D eigenvalue weighted by molar-refractivity contribution is 5.92. The fourth-order valence-electron chi connectivity index (χ4n) is 4.09. The molecule has 2 saturated heterocycles. The predicted molar refractivity (Wildman–Crippen MR) is 98.7 cm³/mol. The van der Waals surface area contributed by atoms with Gasteiger partial charge in [-0.3, -0.25) is 9.69 Å². The second-order valence-electron chi connectivity index (χ2n) is 7.54. The van der Waals surface area contributed by atoms with Gasteiger partial charge in [-0.05, 0) is 30.5 Å². The Bertz CT molecular complexity index is 797. The third-order valence-corrected chi connectivity index (χ3v) is 5.74. The number of amides is 1. The van der Waals surface area contributed by atoms with Crippen molar-refractivity contribution in [3.63, 3.8) is 0 Å². The van der Waals surface area contributed by atoms with Crippen molar-refractivity contribution in [3.05, 3.63) is 53.9 Å². The first-order chi connectivity index (χ1) is 13.1. The SMILES string of the molecule is Cn1cnc(C(=O)N2CCC3(CC2)COCCN3Cc2ccc(F)cc2)c1. The van der Waals surface area contributed by atoms with Gasteiger partial charge in [0, 0.05) is 45.0 Å². The van der Waals surface area contributed by atoms with E-state index in [9.17, 15) is 9.18 Å². The summed E-state index contributed by atoms with van der Waals surface area (Å²) >= 11 is 0. The van der Waals surface area contributed by atoms with Crippen molar-refractivity contribution in [2.75, 3.05) is 32.8 Å². The third kappa shape index (κ3) is 3.75. The van der Waals surface area contributed by atoms with Crippen LogP contribution in [0.2, 0.25) is 0 Å². The minimum Gasteiger partial charge on any atom is -0.378 e. The lowest BCUT2D eigenvalue weighted by Gasteiger charge is -2.51. The monoisotopic (exact) mass is 372 g/mol. The number of aromatic nitrogens is 2. The average molecular weight is 372 g/mol. The lowest BCUT2D eigenvalue weighted by molar-refractivity contribution is -0.0958. The molecule has 0 saturated carbocycles. The van der Waals surface area contributed by atoms with Gasteiger partial charge in [0.15, 0.2) is 0 Å². The molecule has 2 fully saturated rings. The number of ether oxygens (including phenoxy) is 1. The van der Waals surface area contributed by atoms with Crippen LogP contribution in [0.5, 0.6) is 0 Å². The topological polar surface area (TPSA) is 50.6 Å². The van der Waals surface area contributed by atoms with Crippen molar-refractivity contribution in [3.8, 4) is 0 Å². The van der Waals surface area contributed by atoms with E-state index in [0.717, 1.165) is 31.5 Å². The molecule has 0 bridgehead atoms. The molecule has 0 radical (unpaired) electrons. The van der Waals surface area contributed by atoms with Crippen LogP contribution in [0.3, 0.4) is 0 Å². The number of aryl methyl sites for hydroxylation is 1. The summed E-state index contributed by atoms with van der Waals surface area (Å²) in [5.41, 5.74) is 1.54. The molecule has 7 heteroatoms. The van der Waals surface area contributed by atoms with Crippen LogP contribution < -0.4 is 0 Å². The van der Waals surface area contributed by atoms with Gasteiger partial charge >= 0.3 is 0 Å². The summed E-state index contributed by atoms with van der Waals surface area (Å²) in [4.78, 5) is 21.2. The number of carbonyl (C=O) groups excluding carboxylic acids is 1. The molecule has 0 unspecified atom stereocenters. The summed E-state index contributed by atoms with van der Waals surface area (Å²) in [6.45, 7) is 4.40. The second kappa shape index (κ2) is 7.40. The molecule has 1 spiro atoms. The van der Waals surface area contributed by atoms with Crippen LogP contribution in [0.25, 0.3) is 0 Å². The van der Waals surface area contributed by atoms with E-state index >= 15 is 0 Å². The molecule has 2 aliphatic rings. The summed E-state index contributed by atoms with van der Waals surface area (Å²) < 4.78 is 20.8. The fourth-order valence-corrected chi connectivity index (χ4v) is 4.09. The maximum atomic E-state index is 13.2. The summed E-state index contributed by atoms with van der Waals surface area (Å²) in [6.07, 6.45) is 5.15. The first-order valence-electron chi connectivity index (χ1n) is 9.40. The molecular formula is C20H25FN4O2. The molecule has 0 atom stereocenters. The second-order valence-corrected chi connectivity index (χ2v) is 7.54. The van der Waals surface area contributed by atoms with Gasteiger partial charge in [-0.15, -0.1) is 0 Å². The molecule has 4 rings (SSSR count).